The van der Waals surface area contributed by atoms with Crippen molar-refractivity contribution in [1.82, 2.24) is 24.6 Å². The van der Waals surface area contributed by atoms with Crippen molar-refractivity contribution in [3.05, 3.63) is 64.7 Å². The van der Waals surface area contributed by atoms with Crippen molar-refractivity contribution < 1.29 is 9.53 Å². The quantitative estimate of drug-likeness (QED) is 0.563. The average Bonchev–Trinajstić information content (AvgIpc) is 3.38. The third-order valence-corrected chi connectivity index (χ3v) is 5.96. The Bertz CT molecular complexity index is 1100. The summed E-state index contributed by atoms with van der Waals surface area (Å²) in [6.07, 6.45) is 3.60. The van der Waals surface area contributed by atoms with Crippen LogP contribution in [0.2, 0.25) is 0 Å². The largest absolute Gasteiger partial charge is 0.497 e. The molecular weight excluding hydrogens is 374 g/mol. The molecule has 1 atom stereocenters. The molecule has 1 amide bonds. The predicted molar refractivity (Wildman–Crippen MR) is 109 cm³/mol. The molecule has 0 aliphatic heterocycles. The molecule has 7 nitrogen and oxygen atoms in total. The van der Waals surface area contributed by atoms with Gasteiger partial charge in [-0.05, 0) is 30.7 Å². The zero-order valence-electron chi connectivity index (χ0n) is 16.1. The maximum absolute atomic E-state index is 13.1. The summed E-state index contributed by atoms with van der Waals surface area (Å²) in [5.41, 5.74) is 1.85. The van der Waals surface area contributed by atoms with Gasteiger partial charge in [-0.2, -0.15) is 5.10 Å². The molecule has 4 rings (SSSR count). The van der Waals surface area contributed by atoms with Gasteiger partial charge in [-0.25, -0.2) is 4.98 Å². The monoisotopic (exact) mass is 395 g/mol. The molecule has 1 N–H and O–H groups in total. The van der Waals surface area contributed by atoms with Crippen LogP contribution in [0, 0.1) is 6.92 Å². The molecule has 144 valence electrons. The lowest BCUT2D eigenvalue weighted by molar-refractivity contribution is 0.0945. The van der Waals surface area contributed by atoms with Crippen LogP contribution in [0.5, 0.6) is 5.75 Å². The molecule has 0 saturated heterocycles. The molecule has 1 unspecified atom stereocenters. The van der Waals surface area contributed by atoms with E-state index in [1.165, 1.54) is 11.3 Å². The molecule has 0 saturated carbocycles. The minimum absolute atomic E-state index is 0.135. The van der Waals surface area contributed by atoms with E-state index in [9.17, 15) is 4.79 Å². The number of aromatic nitrogens is 4. The highest BCUT2D eigenvalue weighted by Gasteiger charge is 2.23. The Morgan fingerprint density at radius 3 is 2.61 bits per heavy atom. The maximum Gasteiger partial charge on any atom is 0.262 e. The van der Waals surface area contributed by atoms with E-state index in [2.05, 4.69) is 15.4 Å². The standard InChI is InChI=1S/C20H21N5O2S/c1-12-15-11-16(28-20(15)25(3)23-12)19(26)22-17(18-21-9-10-24(18)2)13-5-7-14(27-4)8-6-13/h5-11,17H,1-4H3,(H,22,26). The number of fused-ring (bicyclic) bond motifs is 1. The van der Waals surface area contributed by atoms with E-state index < -0.39 is 0 Å². The number of nitrogens with zero attached hydrogens (tertiary/aromatic N) is 4. The Balaban J connectivity index is 1.68. The first-order valence-corrected chi connectivity index (χ1v) is 9.64. The van der Waals surface area contributed by atoms with Crippen LogP contribution in [0.3, 0.4) is 0 Å². The Morgan fingerprint density at radius 1 is 1.25 bits per heavy atom. The topological polar surface area (TPSA) is 74.0 Å². The van der Waals surface area contributed by atoms with Crippen LogP contribution in [-0.4, -0.2) is 32.3 Å². The van der Waals surface area contributed by atoms with E-state index in [4.69, 9.17) is 4.74 Å². The highest BCUT2D eigenvalue weighted by atomic mass is 32.1. The fourth-order valence-electron chi connectivity index (χ4n) is 3.27. The number of nitrogens with one attached hydrogen (secondary N) is 1. The molecule has 1 aromatic carbocycles. The van der Waals surface area contributed by atoms with E-state index in [0.717, 1.165) is 33.0 Å². The number of carbonyl (C=O) groups excluding carboxylic acids is 1. The number of aryl methyl sites for hydroxylation is 3. The van der Waals surface area contributed by atoms with Crippen molar-refractivity contribution in [2.45, 2.75) is 13.0 Å². The first-order valence-electron chi connectivity index (χ1n) is 8.83. The van der Waals surface area contributed by atoms with Crippen LogP contribution in [-0.2, 0) is 14.1 Å². The molecule has 0 fully saturated rings. The number of ether oxygens (including phenoxy) is 1. The minimum atomic E-state index is -0.372. The summed E-state index contributed by atoms with van der Waals surface area (Å²) in [6, 6.07) is 9.18. The van der Waals surface area contributed by atoms with Crippen molar-refractivity contribution in [1.29, 1.82) is 0 Å². The number of methoxy groups -OCH3 is 1. The van der Waals surface area contributed by atoms with Gasteiger partial charge in [-0.1, -0.05) is 12.1 Å². The second kappa shape index (κ2) is 7.12. The van der Waals surface area contributed by atoms with Crippen molar-refractivity contribution in [2.75, 3.05) is 7.11 Å². The van der Waals surface area contributed by atoms with Crippen LogP contribution < -0.4 is 10.1 Å². The van der Waals surface area contributed by atoms with Gasteiger partial charge < -0.3 is 14.6 Å². The van der Waals surface area contributed by atoms with Gasteiger partial charge in [-0.3, -0.25) is 9.48 Å². The molecular formula is C20H21N5O2S. The second-order valence-corrected chi connectivity index (χ2v) is 7.65. The lowest BCUT2D eigenvalue weighted by atomic mass is 10.1. The van der Waals surface area contributed by atoms with Gasteiger partial charge in [0.2, 0.25) is 0 Å². The summed E-state index contributed by atoms with van der Waals surface area (Å²) in [5.74, 6) is 1.39. The van der Waals surface area contributed by atoms with Crippen LogP contribution in [0.4, 0.5) is 0 Å². The smallest absolute Gasteiger partial charge is 0.262 e. The van der Waals surface area contributed by atoms with Gasteiger partial charge in [0, 0.05) is 31.9 Å². The summed E-state index contributed by atoms with van der Waals surface area (Å²) in [5, 5.41) is 8.55. The zero-order valence-corrected chi connectivity index (χ0v) is 16.9. The van der Waals surface area contributed by atoms with Crippen molar-refractivity contribution >= 4 is 27.5 Å². The van der Waals surface area contributed by atoms with Crippen LogP contribution >= 0.6 is 11.3 Å². The fraction of sp³-hybridized carbons (Fsp3) is 0.250. The first-order chi connectivity index (χ1) is 13.5. The molecule has 0 bridgehead atoms. The van der Waals surface area contributed by atoms with E-state index in [-0.39, 0.29) is 11.9 Å². The van der Waals surface area contributed by atoms with Gasteiger partial charge in [0.25, 0.3) is 5.91 Å². The van der Waals surface area contributed by atoms with Gasteiger partial charge in [0.05, 0.1) is 17.7 Å². The molecule has 28 heavy (non-hydrogen) atoms. The molecule has 0 aliphatic rings. The summed E-state index contributed by atoms with van der Waals surface area (Å²) in [6.45, 7) is 1.95. The van der Waals surface area contributed by atoms with Gasteiger partial charge in [-0.15, -0.1) is 11.3 Å². The highest BCUT2D eigenvalue weighted by Crippen LogP contribution is 2.29. The summed E-state index contributed by atoms with van der Waals surface area (Å²) >= 11 is 1.44. The minimum Gasteiger partial charge on any atom is -0.497 e. The lowest BCUT2D eigenvalue weighted by Crippen LogP contribution is -2.30. The van der Waals surface area contributed by atoms with Gasteiger partial charge in [0.1, 0.15) is 22.4 Å². The molecule has 4 aromatic rings. The maximum atomic E-state index is 13.1. The normalized spacial score (nSPS) is 12.3. The SMILES string of the molecule is COc1ccc(C(NC(=O)c2cc3c(C)nn(C)c3s2)c2nccn2C)cc1. The number of benzene rings is 1. The Labute approximate surface area is 166 Å². The Kier molecular flexibility index (Phi) is 4.64. The summed E-state index contributed by atoms with van der Waals surface area (Å²) < 4.78 is 8.97. The van der Waals surface area contributed by atoms with Crippen molar-refractivity contribution in [3.63, 3.8) is 0 Å². The number of carbonyl (C=O) groups is 1. The van der Waals surface area contributed by atoms with Crippen molar-refractivity contribution in [3.8, 4) is 5.75 Å². The predicted octanol–water partition coefficient (Wildman–Crippen LogP) is 3.20. The third kappa shape index (κ3) is 3.16. The third-order valence-electron chi connectivity index (χ3n) is 4.76. The molecule has 0 spiro atoms. The molecule has 3 aromatic heterocycles. The van der Waals surface area contributed by atoms with E-state index >= 15 is 0 Å². The number of imidazole rings is 1. The number of hydrogen-bond donors (Lipinski definition) is 1. The van der Waals surface area contributed by atoms with Crippen LogP contribution in [0.15, 0.2) is 42.7 Å². The number of amides is 1. The Morgan fingerprint density at radius 2 is 2.00 bits per heavy atom. The van der Waals surface area contributed by atoms with E-state index in [1.54, 1.807) is 13.3 Å². The molecule has 3 heterocycles. The number of hydrogen-bond acceptors (Lipinski definition) is 5. The van der Waals surface area contributed by atoms with E-state index in [0.29, 0.717) is 4.88 Å². The lowest BCUT2D eigenvalue weighted by Gasteiger charge is -2.19. The summed E-state index contributed by atoms with van der Waals surface area (Å²) in [4.78, 5) is 19.1. The average molecular weight is 395 g/mol. The van der Waals surface area contributed by atoms with Gasteiger partial charge in [0.15, 0.2) is 0 Å². The van der Waals surface area contributed by atoms with Gasteiger partial charge >= 0.3 is 0 Å². The summed E-state index contributed by atoms with van der Waals surface area (Å²) in [7, 11) is 5.44. The second-order valence-electron chi connectivity index (χ2n) is 6.61. The zero-order chi connectivity index (χ0) is 19.8. The number of rotatable bonds is 5. The number of thiophene rings is 1. The van der Waals surface area contributed by atoms with Crippen LogP contribution in [0.25, 0.3) is 10.2 Å². The highest BCUT2D eigenvalue weighted by molar-refractivity contribution is 7.20. The molecule has 8 heteroatoms. The van der Waals surface area contributed by atoms with E-state index in [1.807, 2.05) is 66.8 Å². The fourth-order valence-corrected chi connectivity index (χ4v) is 4.29. The molecule has 0 aliphatic carbocycles. The molecule has 0 radical (unpaired) electrons. The van der Waals surface area contributed by atoms with Crippen LogP contribution in [0.1, 0.15) is 32.8 Å². The first kappa shape index (κ1) is 18.2. The van der Waals surface area contributed by atoms with Crippen molar-refractivity contribution in [2.24, 2.45) is 14.1 Å². The Hall–Kier alpha value is -3.13.